The van der Waals surface area contributed by atoms with Gasteiger partial charge in [0.25, 0.3) is 5.91 Å². The third kappa shape index (κ3) is 2.51. The number of para-hydroxylation sites is 1. The van der Waals surface area contributed by atoms with Gasteiger partial charge < -0.3 is 4.74 Å². The Hall–Kier alpha value is -2.51. The molecule has 0 saturated heterocycles. The Morgan fingerprint density at radius 2 is 1.75 bits per heavy atom. The molecule has 1 N–H and O–H groups in total. The molecule has 0 aliphatic rings. The van der Waals surface area contributed by atoms with E-state index in [4.69, 9.17) is 4.74 Å². The highest BCUT2D eigenvalue weighted by molar-refractivity contribution is 7.28. The highest BCUT2D eigenvalue weighted by Crippen LogP contribution is 2.36. The van der Waals surface area contributed by atoms with E-state index in [1.54, 1.807) is 36.6 Å². The third-order valence-electron chi connectivity index (χ3n) is 3.59. The van der Waals surface area contributed by atoms with Gasteiger partial charge in [0.05, 0.1) is 38.1 Å². The largest absolute Gasteiger partial charge is 0.496 e. The van der Waals surface area contributed by atoms with Crippen LogP contribution in [0.1, 0.15) is 15.4 Å². The normalized spacial score (nSPS) is 11.1. The summed E-state index contributed by atoms with van der Waals surface area (Å²) >= 11 is 3.11. The van der Waals surface area contributed by atoms with Crippen LogP contribution >= 0.6 is 22.7 Å². The Labute approximate surface area is 145 Å². The van der Waals surface area contributed by atoms with Gasteiger partial charge in [-0.15, -0.1) is 11.3 Å². The minimum atomic E-state index is -0.233. The Morgan fingerprint density at radius 3 is 2.54 bits per heavy atom. The van der Waals surface area contributed by atoms with Crippen molar-refractivity contribution in [1.82, 2.24) is 9.97 Å². The van der Waals surface area contributed by atoms with Crippen molar-refractivity contribution in [2.24, 2.45) is 0 Å². The zero-order valence-electron chi connectivity index (χ0n) is 13.0. The number of aryl methyl sites for hydroxylation is 1. The first-order chi connectivity index (χ1) is 11.7. The van der Waals surface area contributed by atoms with Gasteiger partial charge in [0.2, 0.25) is 0 Å². The van der Waals surface area contributed by atoms with Crippen molar-refractivity contribution in [3.05, 3.63) is 47.0 Å². The predicted octanol–water partition coefficient (Wildman–Crippen LogP) is 4.48. The summed E-state index contributed by atoms with van der Waals surface area (Å²) in [5.41, 5.74) is 2.32. The molecule has 4 rings (SSSR count). The lowest BCUT2D eigenvalue weighted by molar-refractivity contribution is 0.102. The van der Waals surface area contributed by atoms with Gasteiger partial charge in [-0.25, -0.2) is 9.97 Å². The molecule has 5 nitrogen and oxygen atoms in total. The van der Waals surface area contributed by atoms with Crippen LogP contribution in [-0.2, 0) is 0 Å². The number of hydrogen-bond acceptors (Lipinski definition) is 6. The van der Waals surface area contributed by atoms with Gasteiger partial charge in [-0.3, -0.25) is 10.1 Å². The van der Waals surface area contributed by atoms with E-state index in [0.717, 1.165) is 25.4 Å². The van der Waals surface area contributed by atoms with E-state index in [-0.39, 0.29) is 5.91 Å². The number of ether oxygens (including phenoxy) is 1. The van der Waals surface area contributed by atoms with Gasteiger partial charge in [-0.2, -0.15) is 0 Å². The maximum atomic E-state index is 12.5. The number of nitrogens with zero attached hydrogens (tertiary/aromatic N) is 2. The quantitative estimate of drug-likeness (QED) is 0.589. The monoisotopic (exact) mass is 355 g/mol. The third-order valence-corrected chi connectivity index (χ3v) is 5.73. The molecule has 0 spiro atoms. The number of rotatable bonds is 3. The minimum absolute atomic E-state index is 0.233. The van der Waals surface area contributed by atoms with Crippen molar-refractivity contribution >= 4 is 54.1 Å². The SMILES string of the molecule is COc1ccccc1C(=O)Nc1nc2ccc3nc(C)sc3c2s1. The van der Waals surface area contributed by atoms with E-state index in [0.29, 0.717) is 16.4 Å². The summed E-state index contributed by atoms with van der Waals surface area (Å²) in [5.74, 6) is 0.305. The first kappa shape index (κ1) is 15.0. The second-order valence-corrected chi connectivity index (χ2v) is 7.37. The first-order valence-corrected chi connectivity index (χ1v) is 8.90. The van der Waals surface area contributed by atoms with E-state index in [2.05, 4.69) is 15.3 Å². The molecule has 0 atom stereocenters. The van der Waals surface area contributed by atoms with Gasteiger partial charge >= 0.3 is 0 Å². The second-order valence-electron chi connectivity index (χ2n) is 5.17. The molecule has 0 aliphatic carbocycles. The molecule has 0 saturated carbocycles. The molecule has 0 bridgehead atoms. The lowest BCUT2D eigenvalue weighted by Gasteiger charge is -2.06. The van der Waals surface area contributed by atoms with Crippen molar-refractivity contribution in [3.8, 4) is 5.75 Å². The summed E-state index contributed by atoms with van der Waals surface area (Å²) in [4.78, 5) is 21.5. The molecule has 2 aromatic carbocycles. The van der Waals surface area contributed by atoms with Crippen molar-refractivity contribution in [3.63, 3.8) is 0 Å². The second kappa shape index (κ2) is 5.85. The van der Waals surface area contributed by atoms with Gasteiger partial charge in [0.15, 0.2) is 5.13 Å². The fourth-order valence-electron chi connectivity index (χ4n) is 2.53. The molecule has 0 aliphatic heterocycles. The molecule has 0 radical (unpaired) electrons. The smallest absolute Gasteiger partial charge is 0.261 e. The van der Waals surface area contributed by atoms with E-state index < -0.39 is 0 Å². The van der Waals surface area contributed by atoms with E-state index in [9.17, 15) is 4.79 Å². The zero-order chi connectivity index (χ0) is 16.7. The molecule has 1 amide bonds. The van der Waals surface area contributed by atoms with Crippen LogP contribution in [-0.4, -0.2) is 23.0 Å². The number of nitrogens with one attached hydrogen (secondary N) is 1. The molecule has 2 aromatic heterocycles. The number of fused-ring (bicyclic) bond motifs is 3. The fraction of sp³-hybridized carbons (Fsp3) is 0.118. The average Bonchev–Trinajstić information content (AvgIpc) is 3.16. The summed E-state index contributed by atoms with van der Waals surface area (Å²) in [6.45, 7) is 1.99. The fourth-order valence-corrected chi connectivity index (χ4v) is 4.54. The Bertz CT molecular complexity index is 1070. The number of aromatic nitrogens is 2. The van der Waals surface area contributed by atoms with E-state index >= 15 is 0 Å². The molecular formula is C17H13N3O2S2. The Morgan fingerprint density at radius 1 is 1.04 bits per heavy atom. The number of carbonyl (C=O) groups is 1. The van der Waals surface area contributed by atoms with Crippen molar-refractivity contribution in [2.75, 3.05) is 12.4 Å². The molecule has 7 heteroatoms. The van der Waals surface area contributed by atoms with Gasteiger partial charge in [-0.1, -0.05) is 23.5 Å². The lowest BCUT2D eigenvalue weighted by Crippen LogP contribution is -2.12. The van der Waals surface area contributed by atoms with Crippen LogP contribution in [0.4, 0.5) is 5.13 Å². The van der Waals surface area contributed by atoms with Crippen LogP contribution < -0.4 is 10.1 Å². The number of anilines is 1. The molecule has 4 aromatic rings. The van der Waals surface area contributed by atoms with Crippen molar-refractivity contribution in [1.29, 1.82) is 0 Å². The van der Waals surface area contributed by atoms with Crippen LogP contribution in [0, 0.1) is 6.92 Å². The van der Waals surface area contributed by atoms with Crippen LogP contribution in [0.5, 0.6) is 5.75 Å². The molecule has 2 heterocycles. The van der Waals surface area contributed by atoms with Crippen LogP contribution in [0.3, 0.4) is 0 Å². The zero-order valence-corrected chi connectivity index (χ0v) is 14.6. The summed E-state index contributed by atoms with van der Waals surface area (Å²) < 4.78 is 7.40. The minimum Gasteiger partial charge on any atom is -0.496 e. The predicted molar refractivity (Wildman–Crippen MR) is 98.5 cm³/mol. The average molecular weight is 355 g/mol. The molecule has 0 fully saturated rings. The van der Waals surface area contributed by atoms with Gasteiger partial charge in [0.1, 0.15) is 5.75 Å². The summed E-state index contributed by atoms with van der Waals surface area (Å²) in [6, 6.07) is 11.0. The highest BCUT2D eigenvalue weighted by atomic mass is 32.1. The summed E-state index contributed by atoms with van der Waals surface area (Å²) in [5, 5.41) is 4.45. The number of carbonyl (C=O) groups excluding carboxylic acids is 1. The van der Waals surface area contributed by atoms with Crippen molar-refractivity contribution < 1.29 is 9.53 Å². The topological polar surface area (TPSA) is 64.1 Å². The van der Waals surface area contributed by atoms with Crippen molar-refractivity contribution in [2.45, 2.75) is 6.92 Å². The van der Waals surface area contributed by atoms with Crippen LogP contribution in [0.25, 0.3) is 20.4 Å². The molecule has 24 heavy (non-hydrogen) atoms. The van der Waals surface area contributed by atoms with Gasteiger partial charge in [0, 0.05) is 0 Å². The molecular weight excluding hydrogens is 342 g/mol. The van der Waals surface area contributed by atoms with Gasteiger partial charge in [-0.05, 0) is 31.2 Å². The summed E-state index contributed by atoms with van der Waals surface area (Å²) in [7, 11) is 1.55. The molecule has 0 unspecified atom stereocenters. The number of amides is 1. The molecule has 120 valence electrons. The maximum absolute atomic E-state index is 12.5. The summed E-state index contributed by atoms with van der Waals surface area (Å²) in [6.07, 6.45) is 0. The highest BCUT2D eigenvalue weighted by Gasteiger charge is 2.15. The number of thiazole rings is 2. The Balaban J connectivity index is 1.72. The number of benzene rings is 2. The van der Waals surface area contributed by atoms with E-state index in [1.807, 2.05) is 25.1 Å². The maximum Gasteiger partial charge on any atom is 0.261 e. The van der Waals surface area contributed by atoms with Crippen LogP contribution in [0.15, 0.2) is 36.4 Å². The Kier molecular flexibility index (Phi) is 3.66. The number of methoxy groups -OCH3 is 1. The first-order valence-electron chi connectivity index (χ1n) is 7.27. The standard InChI is InChI=1S/C17H13N3O2S2/c1-9-18-11-7-8-12-15(14(11)23-9)24-17(19-12)20-16(21)10-5-3-4-6-13(10)22-2/h3-8H,1-2H3,(H,19,20,21). The number of hydrogen-bond donors (Lipinski definition) is 1. The lowest BCUT2D eigenvalue weighted by atomic mass is 10.2. The van der Waals surface area contributed by atoms with E-state index in [1.165, 1.54) is 11.3 Å². The van der Waals surface area contributed by atoms with Crippen LogP contribution in [0.2, 0.25) is 0 Å².